The standard InChI is InChI=1S/C14H18ClFN2/c15-11-7-8-12(13(16)9-11)14(18-17)10-5-3-1-2-4-6-10/h5,7-9,14,18H,1-4,6,17H2. The SMILES string of the molecule is NNC(C1=CCCCCC1)c1ccc(Cl)cc1F. The van der Waals surface area contributed by atoms with E-state index in [4.69, 9.17) is 17.4 Å². The number of nitrogens with one attached hydrogen (secondary N) is 1. The first-order valence-corrected chi connectivity index (χ1v) is 6.70. The molecule has 0 radical (unpaired) electrons. The van der Waals surface area contributed by atoms with Crippen LogP contribution in [-0.4, -0.2) is 0 Å². The monoisotopic (exact) mass is 268 g/mol. The Morgan fingerprint density at radius 2 is 2.11 bits per heavy atom. The first-order chi connectivity index (χ1) is 8.72. The van der Waals surface area contributed by atoms with E-state index < -0.39 is 0 Å². The second kappa shape index (κ2) is 6.32. The molecule has 2 nitrogen and oxygen atoms in total. The van der Waals surface area contributed by atoms with E-state index in [1.807, 2.05) is 0 Å². The first-order valence-electron chi connectivity index (χ1n) is 6.32. The van der Waals surface area contributed by atoms with Crippen molar-refractivity contribution in [3.05, 3.63) is 46.3 Å². The summed E-state index contributed by atoms with van der Waals surface area (Å²) in [5.41, 5.74) is 4.47. The smallest absolute Gasteiger partial charge is 0.129 e. The molecule has 18 heavy (non-hydrogen) atoms. The Labute approximate surface area is 112 Å². The minimum atomic E-state index is -0.310. The van der Waals surface area contributed by atoms with E-state index in [1.54, 1.807) is 12.1 Å². The Kier molecular flexibility index (Phi) is 4.75. The van der Waals surface area contributed by atoms with Crippen LogP contribution in [0.15, 0.2) is 29.8 Å². The number of hydrogen-bond acceptors (Lipinski definition) is 2. The average Bonchev–Trinajstić information content (AvgIpc) is 2.62. The van der Waals surface area contributed by atoms with E-state index in [0.29, 0.717) is 10.6 Å². The Balaban J connectivity index is 2.29. The van der Waals surface area contributed by atoms with Crippen LogP contribution >= 0.6 is 11.6 Å². The van der Waals surface area contributed by atoms with E-state index in [-0.39, 0.29) is 11.9 Å². The zero-order valence-corrected chi connectivity index (χ0v) is 11.0. The summed E-state index contributed by atoms with van der Waals surface area (Å²) in [7, 11) is 0. The maximum atomic E-state index is 13.9. The molecular weight excluding hydrogens is 251 g/mol. The molecule has 3 N–H and O–H groups in total. The van der Waals surface area contributed by atoms with Crippen LogP contribution in [0.2, 0.25) is 5.02 Å². The third-order valence-electron chi connectivity index (χ3n) is 3.39. The molecule has 1 atom stereocenters. The minimum absolute atomic E-state index is 0.250. The summed E-state index contributed by atoms with van der Waals surface area (Å²) in [6.07, 6.45) is 7.76. The quantitative estimate of drug-likeness (QED) is 0.496. The van der Waals surface area contributed by atoms with Crippen molar-refractivity contribution in [2.45, 2.75) is 38.1 Å². The topological polar surface area (TPSA) is 38.0 Å². The van der Waals surface area contributed by atoms with E-state index in [9.17, 15) is 4.39 Å². The molecule has 0 amide bonds. The maximum Gasteiger partial charge on any atom is 0.129 e. The van der Waals surface area contributed by atoms with Crippen molar-refractivity contribution < 1.29 is 4.39 Å². The zero-order valence-electron chi connectivity index (χ0n) is 10.3. The molecule has 0 aromatic heterocycles. The van der Waals surface area contributed by atoms with Crippen LogP contribution in [0.4, 0.5) is 4.39 Å². The zero-order chi connectivity index (χ0) is 13.0. The second-order valence-corrected chi connectivity index (χ2v) is 5.08. The molecule has 1 aliphatic rings. The van der Waals surface area contributed by atoms with E-state index in [2.05, 4.69) is 11.5 Å². The Bertz CT molecular complexity index is 445. The molecule has 0 spiro atoms. The van der Waals surface area contributed by atoms with Gasteiger partial charge in [-0.05, 0) is 37.8 Å². The molecule has 0 saturated carbocycles. The predicted molar refractivity (Wildman–Crippen MR) is 72.6 cm³/mol. The van der Waals surface area contributed by atoms with Crippen LogP contribution in [0.1, 0.15) is 43.7 Å². The average molecular weight is 269 g/mol. The lowest BCUT2D eigenvalue weighted by molar-refractivity contribution is 0.541. The Morgan fingerprint density at radius 3 is 2.83 bits per heavy atom. The van der Waals surface area contributed by atoms with Crippen LogP contribution in [-0.2, 0) is 0 Å². The first kappa shape index (κ1) is 13.5. The largest absolute Gasteiger partial charge is 0.271 e. The van der Waals surface area contributed by atoms with E-state index in [1.165, 1.54) is 24.5 Å². The molecule has 0 saturated heterocycles. The van der Waals surface area contributed by atoms with E-state index in [0.717, 1.165) is 19.3 Å². The molecular formula is C14H18ClFN2. The number of rotatable bonds is 3. The number of benzene rings is 1. The highest BCUT2D eigenvalue weighted by Gasteiger charge is 2.19. The summed E-state index contributed by atoms with van der Waals surface area (Å²) in [6, 6.07) is 4.48. The summed E-state index contributed by atoms with van der Waals surface area (Å²) in [5, 5.41) is 0.405. The van der Waals surface area contributed by atoms with Gasteiger partial charge in [0.2, 0.25) is 0 Å². The van der Waals surface area contributed by atoms with Crippen LogP contribution < -0.4 is 11.3 Å². The fraction of sp³-hybridized carbons (Fsp3) is 0.429. The molecule has 1 unspecified atom stereocenters. The van der Waals surface area contributed by atoms with Crippen LogP contribution in [0, 0.1) is 5.82 Å². The van der Waals surface area contributed by atoms with Crippen LogP contribution in [0.25, 0.3) is 0 Å². The van der Waals surface area contributed by atoms with Crippen molar-refractivity contribution in [2.24, 2.45) is 5.84 Å². The lowest BCUT2D eigenvalue weighted by Crippen LogP contribution is -2.30. The van der Waals surface area contributed by atoms with Gasteiger partial charge in [0, 0.05) is 10.6 Å². The molecule has 0 fully saturated rings. The van der Waals surface area contributed by atoms with Gasteiger partial charge in [0.25, 0.3) is 0 Å². The van der Waals surface area contributed by atoms with Crippen molar-refractivity contribution in [1.29, 1.82) is 0 Å². The lowest BCUT2D eigenvalue weighted by atomic mass is 9.95. The number of hydrogen-bond donors (Lipinski definition) is 2. The van der Waals surface area contributed by atoms with Crippen molar-refractivity contribution in [3.8, 4) is 0 Å². The van der Waals surface area contributed by atoms with Gasteiger partial charge in [0.05, 0.1) is 6.04 Å². The molecule has 98 valence electrons. The van der Waals surface area contributed by atoms with Crippen molar-refractivity contribution in [1.82, 2.24) is 5.43 Å². The van der Waals surface area contributed by atoms with Gasteiger partial charge in [-0.1, -0.05) is 35.7 Å². The fourth-order valence-corrected chi connectivity index (χ4v) is 2.59. The number of hydrazine groups is 1. The second-order valence-electron chi connectivity index (χ2n) is 4.64. The van der Waals surface area contributed by atoms with Crippen LogP contribution in [0.3, 0.4) is 0 Å². The van der Waals surface area contributed by atoms with Crippen molar-refractivity contribution in [2.75, 3.05) is 0 Å². The lowest BCUT2D eigenvalue weighted by Gasteiger charge is -2.20. The molecule has 0 bridgehead atoms. The highest BCUT2D eigenvalue weighted by Crippen LogP contribution is 2.30. The molecule has 2 rings (SSSR count). The third-order valence-corrected chi connectivity index (χ3v) is 3.62. The predicted octanol–water partition coefficient (Wildman–Crippen LogP) is 3.87. The Morgan fingerprint density at radius 1 is 1.28 bits per heavy atom. The molecule has 0 aliphatic heterocycles. The third kappa shape index (κ3) is 3.10. The van der Waals surface area contributed by atoms with Gasteiger partial charge < -0.3 is 0 Å². The minimum Gasteiger partial charge on any atom is -0.271 e. The van der Waals surface area contributed by atoms with Gasteiger partial charge in [-0.2, -0.15) is 0 Å². The van der Waals surface area contributed by atoms with Gasteiger partial charge in [-0.3, -0.25) is 5.84 Å². The summed E-state index contributed by atoms with van der Waals surface area (Å²) in [6.45, 7) is 0. The van der Waals surface area contributed by atoms with Gasteiger partial charge in [-0.15, -0.1) is 0 Å². The van der Waals surface area contributed by atoms with Gasteiger partial charge >= 0.3 is 0 Å². The van der Waals surface area contributed by atoms with Crippen molar-refractivity contribution in [3.63, 3.8) is 0 Å². The Hall–Kier alpha value is -0.900. The normalized spacial score (nSPS) is 18.1. The fourth-order valence-electron chi connectivity index (χ4n) is 2.43. The highest BCUT2D eigenvalue weighted by atomic mass is 35.5. The number of halogens is 2. The number of allylic oxidation sites excluding steroid dienone is 1. The van der Waals surface area contributed by atoms with E-state index >= 15 is 0 Å². The van der Waals surface area contributed by atoms with Gasteiger partial charge in [0.15, 0.2) is 0 Å². The molecule has 0 heterocycles. The summed E-state index contributed by atoms with van der Waals surface area (Å²) in [4.78, 5) is 0. The molecule has 4 heteroatoms. The number of nitrogens with two attached hydrogens (primary N) is 1. The van der Waals surface area contributed by atoms with Crippen molar-refractivity contribution >= 4 is 11.6 Å². The molecule has 1 aliphatic carbocycles. The van der Waals surface area contributed by atoms with Gasteiger partial charge in [-0.25, -0.2) is 9.82 Å². The molecule has 1 aromatic carbocycles. The molecule has 1 aromatic rings. The van der Waals surface area contributed by atoms with Gasteiger partial charge in [0.1, 0.15) is 5.82 Å². The highest BCUT2D eigenvalue weighted by molar-refractivity contribution is 6.30. The van der Waals surface area contributed by atoms with Crippen LogP contribution in [0.5, 0.6) is 0 Å². The summed E-state index contributed by atoms with van der Waals surface area (Å²) in [5.74, 6) is 5.29. The summed E-state index contributed by atoms with van der Waals surface area (Å²) < 4.78 is 13.9. The maximum absolute atomic E-state index is 13.9. The summed E-state index contributed by atoms with van der Waals surface area (Å²) >= 11 is 5.77.